The van der Waals surface area contributed by atoms with Gasteiger partial charge in [-0.1, -0.05) is 4.33 Å². The summed E-state index contributed by atoms with van der Waals surface area (Å²) in [5, 5.41) is 14.6. The third-order valence-electron chi connectivity index (χ3n) is 0.0942. The average Bonchev–Trinajstić information content (AvgIpc) is 1.67. The molecule has 7 heteroatoms. The van der Waals surface area contributed by atoms with Crippen molar-refractivity contribution >= 4 is 10.4 Å². The van der Waals surface area contributed by atoms with Crippen LogP contribution in [0.2, 0.25) is 0 Å². The first-order valence-corrected chi connectivity index (χ1v) is 3.25. The Bertz CT molecular complexity index is 124. The Hall–Kier alpha value is -0.210. The van der Waals surface area contributed by atoms with Crippen molar-refractivity contribution in [1.82, 2.24) is 0 Å². The molecule has 0 aliphatic rings. The van der Waals surface area contributed by atoms with Crippen LogP contribution >= 0.6 is 0 Å². The van der Waals surface area contributed by atoms with Crippen molar-refractivity contribution in [2.75, 3.05) is 6.61 Å². The lowest BCUT2D eigenvalue weighted by Crippen LogP contribution is -1.97. The lowest BCUT2D eigenvalue weighted by Gasteiger charge is -1.79. The third kappa shape index (κ3) is 33.5. The number of aliphatic hydroxyl groups is 1. The van der Waals surface area contributed by atoms with Crippen LogP contribution in [0.1, 0.15) is 6.92 Å². The molecule has 0 amide bonds. The molecule has 0 aromatic rings. The fraction of sp³-hybridized carbons (Fsp3) is 1.00. The van der Waals surface area contributed by atoms with E-state index < -0.39 is 10.4 Å². The van der Waals surface area contributed by atoms with Gasteiger partial charge >= 0.3 is 10.4 Å². The van der Waals surface area contributed by atoms with Gasteiger partial charge < -0.3 is 5.11 Å². The second-order valence-electron chi connectivity index (χ2n) is 0.818. The van der Waals surface area contributed by atoms with Gasteiger partial charge in [0.25, 0.3) is 0 Å². The highest BCUT2D eigenvalue weighted by Crippen LogP contribution is 1.74. The predicted octanol–water partition coefficient (Wildman–Crippen LogP) is -0.723. The summed E-state index contributed by atoms with van der Waals surface area (Å²) in [4.78, 5) is 0. The second kappa shape index (κ2) is 5.92. The van der Waals surface area contributed by atoms with E-state index in [0.29, 0.717) is 0 Å². The molecule has 0 aromatic carbocycles. The van der Waals surface area contributed by atoms with Gasteiger partial charge in [-0.3, -0.25) is 4.55 Å². The Balaban J connectivity index is 0. The van der Waals surface area contributed by atoms with Gasteiger partial charge in [0, 0.05) is 6.61 Å². The molecule has 58 valence electrons. The van der Waals surface area contributed by atoms with Crippen LogP contribution in [-0.4, -0.2) is 29.9 Å². The van der Waals surface area contributed by atoms with Crippen molar-refractivity contribution in [1.29, 1.82) is 0 Å². The van der Waals surface area contributed by atoms with E-state index >= 15 is 0 Å². The van der Waals surface area contributed by atoms with Crippen LogP contribution in [0.4, 0.5) is 0 Å². The van der Waals surface area contributed by atoms with Crippen molar-refractivity contribution in [3.8, 4) is 0 Å². The maximum absolute atomic E-state index is 9.08. The van der Waals surface area contributed by atoms with Crippen LogP contribution in [0.5, 0.6) is 0 Å². The molecule has 0 saturated heterocycles. The van der Waals surface area contributed by atoms with Crippen LogP contribution in [0.15, 0.2) is 0 Å². The summed E-state index contributed by atoms with van der Waals surface area (Å²) < 4.78 is 28.0. The smallest absolute Gasteiger partial charge is 0.397 e. The number of hydrogen-bond donors (Lipinski definition) is 3. The Kier molecular flexibility index (Phi) is 7.61. The van der Waals surface area contributed by atoms with Gasteiger partial charge in [-0.05, 0) is 6.92 Å². The molecule has 0 aromatic heterocycles. The molecule has 0 bridgehead atoms. The molecule has 6 nitrogen and oxygen atoms in total. The third-order valence-corrected chi connectivity index (χ3v) is 0.283. The van der Waals surface area contributed by atoms with Crippen molar-refractivity contribution in [2.24, 2.45) is 0 Å². The van der Waals surface area contributed by atoms with Gasteiger partial charge in [-0.15, -0.1) is 0 Å². The molecule has 0 fully saturated rings. The Morgan fingerprint density at radius 1 is 1.56 bits per heavy atom. The first-order valence-electron chi connectivity index (χ1n) is 1.89. The Morgan fingerprint density at radius 2 is 1.67 bits per heavy atom. The van der Waals surface area contributed by atoms with Gasteiger partial charge in [0.1, 0.15) is 0 Å². The van der Waals surface area contributed by atoms with E-state index in [4.69, 9.17) is 23.3 Å². The van der Waals surface area contributed by atoms with Crippen LogP contribution in [-0.2, 0) is 14.7 Å². The minimum atomic E-state index is -4.61. The van der Waals surface area contributed by atoms with Crippen LogP contribution in [0, 0.1) is 0 Å². The quantitative estimate of drug-likeness (QED) is 0.265. The summed E-state index contributed by atoms with van der Waals surface area (Å²) in [5.74, 6) is 0. The summed E-state index contributed by atoms with van der Waals surface area (Å²) in [7, 11) is -4.61. The maximum Gasteiger partial charge on any atom is 0.423 e. The largest absolute Gasteiger partial charge is 0.423 e. The molecule has 0 heterocycles. The van der Waals surface area contributed by atoms with Gasteiger partial charge in [0.2, 0.25) is 0 Å². The summed E-state index contributed by atoms with van der Waals surface area (Å²) in [6.45, 7) is 1.93. The van der Waals surface area contributed by atoms with Gasteiger partial charge in [-0.2, -0.15) is 8.42 Å². The Labute approximate surface area is 52.6 Å². The SMILES string of the molecule is CCO.O=S(=O)(O)OO. The highest BCUT2D eigenvalue weighted by molar-refractivity contribution is 7.80. The van der Waals surface area contributed by atoms with Crippen molar-refractivity contribution < 1.29 is 27.7 Å². The minimum absolute atomic E-state index is 0.250. The predicted molar refractivity (Wildman–Crippen MR) is 28.0 cm³/mol. The molecule has 9 heavy (non-hydrogen) atoms. The number of rotatable bonds is 1. The van der Waals surface area contributed by atoms with E-state index in [1.807, 2.05) is 0 Å². The summed E-state index contributed by atoms with van der Waals surface area (Å²) in [6, 6.07) is 0. The standard InChI is InChI=1S/C2H6O.H2O5S/c1-2-3;1-5-6(2,3)4/h3H,2H2,1H3;1H,(H,2,3,4). The molecule has 0 rings (SSSR count). The number of hydrogen-bond acceptors (Lipinski definition) is 5. The highest BCUT2D eigenvalue weighted by Gasteiger charge is 1.97. The average molecular weight is 160 g/mol. The van der Waals surface area contributed by atoms with E-state index in [2.05, 4.69) is 4.33 Å². The van der Waals surface area contributed by atoms with Gasteiger partial charge in [-0.25, -0.2) is 5.26 Å². The van der Waals surface area contributed by atoms with E-state index in [1.165, 1.54) is 0 Å². The first-order chi connectivity index (χ1) is 3.97. The van der Waals surface area contributed by atoms with Crippen molar-refractivity contribution in [2.45, 2.75) is 6.92 Å². The normalized spacial score (nSPS) is 9.78. The minimum Gasteiger partial charge on any atom is -0.397 e. The van der Waals surface area contributed by atoms with E-state index in [9.17, 15) is 0 Å². The van der Waals surface area contributed by atoms with Gasteiger partial charge in [0.05, 0.1) is 0 Å². The molecular weight excluding hydrogens is 152 g/mol. The molecule has 0 unspecified atom stereocenters. The topological polar surface area (TPSA) is 104 Å². The molecule has 3 N–H and O–H groups in total. The first kappa shape index (κ1) is 11.6. The van der Waals surface area contributed by atoms with E-state index in [1.54, 1.807) is 6.92 Å². The molecule has 0 radical (unpaired) electrons. The molecule has 0 atom stereocenters. The number of aliphatic hydroxyl groups excluding tert-OH is 1. The molecule has 0 spiro atoms. The molecule has 0 aliphatic heterocycles. The monoisotopic (exact) mass is 160 g/mol. The van der Waals surface area contributed by atoms with E-state index in [0.717, 1.165) is 0 Å². The maximum atomic E-state index is 9.08. The van der Waals surface area contributed by atoms with Crippen molar-refractivity contribution in [3.63, 3.8) is 0 Å². The summed E-state index contributed by atoms with van der Waals surface area (Å²) >= 11 is 0. The van der Waals surface area contributed by atoms with Crippen molar-refractivity contribution in [3.05, 3.63) is 0 Å². The van der Waals surface area contributed by atoms with Crippen LogP contribution in [0.3, 0.4) is 0 Å². The molecule has 0 aliphatic carbocycles. The van der Waals surface area contributed by atoms with Gasteiger partial charge in [0.15, 0.2) is 0 Å². The zero-order valence-corrected chi connectivity index (χ0v) is 5.50. The zero-order chi connectivity index (χ0) is 7.91. The second-order valence-corrected chi connectivity index (χ2v) is 1.82. The fourth-order valence-corrected chi connectivity index (χ4v) is 0. The summed E-state index contributed by atoms with van der Waals surface area (Å²) in [5.41, 5.74) is 0. The summed E-state index contributed by atoms with van der Waals surface area (Å²) in [6.07, 6.45) is 0. The molecular formula is C2H8O6S. The van der Waals surface area contributed by atoms with Crippen LogP contribution in [0.25, 0.3) is 0 Å². The zero-order valence-electron chi connectivity index (χ0n) is 4.68. The molecule has 0 saturated carbocycles. The fourth-order valence-electron chi connectivity index (χ4n) is 0. The highest BCUT2D eigenvalue weighted by atomic mass is 32.3. The lowest BCUT2D eigenvalue weighted by atomic mass is 10.9. The lowest BCUT2D eigenvalue weighted by molar-refractivity contribution is -0.139. The Morgan fingerprint density at radius 3 is 1.67 bits per heavy atom. The van der Waals surface area contributed by atoms with E-state index in [-0.39, 0.29) is 6.61 Å². The van der Waals surface area contributed by atoms with Crippen LogP contribution < -0.4 is 0 Å².